The van der Waals surface area contributed by atoms with Crippen LogP contribution in [-0.4, -0.2) is 19.1 Å². The summed E-state index contributed by atoms with van der Waals surface area (Å²) in [4.78, 5) is 10.4. The van der Waals surface area contributed by atoms with E-state index in [1.165, 1.54) is 54.8 Å². The lowest BCUT2D eigenvalue weighted by atomic mass is 9.98. The molecule has 12 aromatic rings. The van der Waals surface area contributed by atoms with Crippen molar-refractivity contribution in [3.63, 3.8) is 0 Å². The van der Waals surface area contributed by atoms with Crippen molar-refractivity contribution in [1.29, 1.82) is 0 Å². The summed E-state index contributed by atoms with van der Waals surface area (Å²) in [5, 5.41) is 4.89. The van der Waals surface area contributed by atoms with Crippen molar-refractivity contribution in [3.05, 3.63) is 231 Å². The Morgan fingerprint density at radius 2 is 0.661 bits per heavy atom. The van der Waals surface area contributed by atoms with Crippen LogP contribution in [0.3, 0.4) is 0 Å². The summed E-state index contributed by atoms with van der Waals surface area (Å²) in [6.45, 7) is 0. The first-order valence-electron chi connectivity index (χ1n) is 21.1. The topological polar surface area (TPSA) is 35.6 Å². The van der Waals surface area contributed by atoms with Crippen LogP contribution >= 0.6 is 0 Å². The van der Waals surface area contributed by atoms with Gasteiger partial charge in [-0.25, -0.2) is 9.97 Å². The molecule has 3 aromatic heterocycles. The van der Waals surface area contributed by atoms with E-state index >= 15 is 0 Å². The highest BCUT2D eigenvalue weighted by Crippen LogP contribution is 2.43. The Kier molecular flexibility index (Phi) is 8.46. The van der Waals surface area contributed by atoms with Gasteiger partial charge < -0.3 is 9.13 Å². The minimum Gasteiger partial charge on any atom is -0.309 e. The Morgan fingerprint density at radius 1 is 0.258 bits per heavy atom. The van der Waals surface area contributed by atoms with Gasteiger partial charge in [0.15, 0.2) is 5.82 Å². The summed E-state index contributed by atoms with van der Waals surface area (Å²) in [6, 6.07) is 82.2. The number of aromatic nitrogens is 4. The minimum atomic E-state index is 0.686. The molecule has 0 amide bonds. The van der Waals surface area contributed by atoms with E-state index in [1.54, 1.807) is 0 Å². The first-order chi connectivity index (χ1) is 30.7. The van der Waals surface area contributed by atoms with E-state index in [0.717, 1.165) is 50.5 Å². The average Bonchev–Trinajstić information content (AvgIpc) is 3.88. The van der Waals surface area contributed by atoms with Crippen LogP contribution < -0.4 is 0 Å². The van der Waals surface area contributed by atoms with Gasteiger partial charge >= 0.3 is 0 Å². The largest absolute Gasteiger partial charge is 0.309 e. The van der Waals surface area contributed by atoms with Gasteiger partial charge in [-0.1, -0.05) is 170 Å². The molecule has 9 aromatic carbocycles. The van der Waals surface area contributed by atoms with Gasteiger partial charge in [-0.05, 0) is 82.9 Å². The van der Waals surface area contributed by atoms with E-state index in [2.05, 4.69) is 228 Å². The molecule has 0 aliphatic carbocycles. The molecule has 0 saturated heterocycles. The molecule has 0 radical (unpaired) electrons. The molecule has 0 fully saturated rings. The molecule has 290 valence electrons. The van der Waals surface area contributed by atoms with E-state index in [1.807, 2.05) is 12.1 Å². The lowest BCUT2D eigenvalue weighted by Gasteiger charge is -2.14. The second kappa shape index (κ2) is 14.7. The standard InChI is InChI=1S/C58H38N4/c1-5-18-39(19-6-1)44-34-45(40-20-7-2-8-21-40)37-47(36-44)62-53-31-16-14-29-49(53)57-55(62)33-32-54-56(57)48-28-13-15-30-52(48)61(54)46-27-17-26-43(35-46)58-59-50(41-22-9-3-10-23-41)38-51(60-58)42-24-11-4-12-25-42/h1-38H. The van der Waals surface area contributed by atoms with Crippen LogP contribution in [0.25, 0.3) is 111 Å². The van der Waals surface area contributed by atoms with E-state index in [4.69, 9.17) is 9.97 Å². The lowest BCUT2D eigenvalue weighted by molar-refractivity contribution is 1.16. The van der Waals surface area contributed by atoms with Crippen molar-refractivity contribution >= 4 is 43.6 Å². The van der Waals surface area contributed by atoms with E-state index in [9.17, 15) is 0 Å². The second-order valence-electron chi connectivity index (χ2n) is 15.8. The molecule has 0 aliphatic rings. The SMILES string of the molecule is c1ccc(-c2cc(-c3ccccc3)cc(-n3c4ccccc4c4c5c6ccccc6n(-c6cccc(-c7nc(-c8ccccc8)cc(-c8ccccc8)n7)c6)c5ccc43)c2)cc1. The van der Waals surface area contributed by atoms with Crippen LogP contribution in [-0.2, 0) is 0 Å². The van der Waals surface area contributed by atoms with Crippen molar-refractivity contribution in [2.45, 2.75) is 0 Å². The second-order valence-corrected chi connectivity index (χ2v) is 15.8. The molecule has 0 spiro atoms. The van der Waals surface area contributed by atoms with E-state index in [-0.39, 0.29) is 0 Å². The van der Waals surface area contributed by atoms with E-state index in [0.29, 0.717) is 5.82 Å². The Labute approximate surface area is 359 Å². The summed E-state index contributed by atoms with van der Waals surface area (Å²) in [7, 11) is 0. The lowest BCUT2D eigenvalue weighted by Crippen LogP contribution is -1.98. The Morgan fingerprint density at radius 3 is 1.16 bits per heavy atom. The zero-order valence-corrected chi connectivity index (χ0v) is 33.7. The van der Waals surface area contributed by atoms with Gasteiger partial charge in [0, 0.05) is 49.6 Å². The number of nitrogens with zero attached hydrogens (tertiary/aromatic N) is 4. The first-order valence-corrected chi connectivity index (χ1v) is 21.1. The van der Waals surface area contributed by atoms with Crippen LogP contribution in [0.5, 0.6) is 0 Å². The molecule has 0 bridgehead atoms. The van der Waals surface area contributed by atoms with Gasteiger partial charge in [0.2, 0.25) is 0 Å². The predicted octanol–water partition coefficient (Wildman–Crippen LogP) is 15.0. The van der Waals surface area contributed by atoms with Gasteiger partial charge in [0.05, 0.1) is 33.5 Å². The van der Waals surface area contributed by atoms with Gasteiger partial charge in [-0.2, -0.15) is 0 Å². The third kappa shape index (κ3) is 6.00. The van der Waals surface area contributed by atoms with Gasteiger partial charge in [0.25, 0.3) is 0 Å². The molecular weight excluding hydrogens is 753 g/mol. The number of benzene rings is 9. The maximum Gasteiger partial charge on any atom is 0.160 e. The van der Waals surface area contributed by atoms with Crippen molar-refractivity contribution < 1.29 is 0 Å². The fourth-order valence-corrected chi connectivity index (χ4v) is 9.28. The number of rotatable bonds is 7. The molecule has 3 heterocycles. The molecule has 0 N–H and O–H groups in total. The molecular formula is C58H38N4. The number of hydrogen-bond acceptors (Lipinski definition) is 2. The molecule has 0 unspecified atom stereocenters. The fourth-order valence-electron chi connectivity index (χ4n) is 9.28. The molecule has 0 saturated carbocycles. The van der Waals surface area contributed by atoms with Crippen LogP contribution in [0.2, 0.25) is 0 Å². The van der Waals surface area contributed by atoms with Gasteiger partial charge in [0.1, 0.15) is 0 Å². The fraction of sp³-hybridized carbons (Fsp3) is 0. The zero-order valence-electron chi connectivity index (χ0n) is 33.7. The predicted molar refractivity (Wildman–Crippen MR) is 258 cm³/mol. The molecule has 62 heavy (non-hydrogen) atoms. The highest BCUT2D eigenvalue weighted by Gasteiger charge is 2.22. The summed E-state index contributed by atoms with van der Waals surface area (Å²) in [6.07, 6.45) is 0. The Bertz CT molecular complexity index is 3490. The summed E-state index contributed by atoms with van der Waals surface area (Å²) in [5.41, 5.74) is 16.4. The van der Waals surface area contributed by atoms with Crippen molar-refractivity contribution in [2.75, 3.05) is 0 Å². The highest BCUT2D eigenvalue weighted by atomic mass is 15.0. The highest BCUT2D eigenvalue weighted by molar-refractivity contribution is 6.29. The minimum absolute atomic E-state index is 0.686. The zero-order chi connectivity index (χ0) is 41.0. The van der Waals surface area contributed by atoms with Gasteiger partial charge in [-0.3, -0.25) is 0 Å². The normalized spacial score (nSPS) is 11.5. The Hall–Kier alpha value is -8.34. The quantitative estimate of drug-likeness (QED) is 0.161. The van der Waals surface area contributed by atoms with Crippen molar-refractivity contribution in [1.82, 2.24) is 19.1 Å². The molecule has 4 heteroatoms. The monoisotopic (exact) mass is 790 g/mol. The number of para-hydroxylation sites is 2. The number of fused-ring (bicyclic) bond motifs is 7. The molecule has 0 atom stereocenters. The smallest absolute Gasteiger partial charge is 0.160 e. The van der Waals surface area contributed by atoms with Gasteiger partial charge in [-0.15, -0.1) is 0 Å². The number of hydrogen-bond donors (Lipinski definition) is 0. The molecule has 4 nitrogen and oxygen atoms in total. The maximum absolute atomic E-state index is 5.18. The van der Waals surface area contributed by atoms with E-state index < -0.39 is 0 Å². The first kappa shape index (κ1) is 35.6. The summed E-state index contributed by atoms with van der Waals surface area (Å²) in [5.74, 6) is 0.686. The van der Waals surface area contributed by atoms with Crippen LogP contribution in [0, 0.1) is 0 Å². The summed E-state index contributed by atoms with van der Waals surface area (Å²) >= 11 is 0. The maximum atomic E-state index is 5.18. The van der Waals surface area contributed by atoms with Crippen LogP contribution in [0.15, 0.2) is 231 Å². The third-order valence-corrected chi connectivity index (χ3v) is 12.1. The third-order valence-electron chi connectivity index (χ3n) is 12.1. The average molecular weight is 791 g/mol. The van der Waals surface area contributed by atoms with Crippen LogP contribution in [0.4, 0.5) is 0 Å². The summed E-state index contributed by atoms with van der Waals surface area (Å²) < 4.78 is 4.86. The molecule has 12 rings (SSSR count). The molecule has 0 aliphatic heterocycles. The van der Waals surface area contributed by atoms with Crippen molar-refractivity contribution in [2.24, 2.45) is 0 Å². The Balaban J connectivity index is 1.08. The van der Waals surface area contributed by atoms with Crippen LogP contribution in [0.1, 0.15) is 0 Å². The van der Waals surface area contributed by atoms with Crippen molar-refractivity contribution in [3.8, 4) is 67.5 Å².